The molecule has 2 aliphatic heterocycles. The third-order valence-corrected chi connectivity index (χ3v) is 6.32. The molecule has 2 aromatic rings. The molecule has 0 bridgehead atoms. The first-order valence-electron chi connectivity index (χ1n) is 11.6. The van der Waals surface area contributed by atoms with E-state index in [9.17, 15) is 0 Å². The van der Waals surface area contributed by atoms with Gasteiger partial charge >= 0.3 is 0 Å². The van der Waals surface area contributed by atoms with E-state index in [4.69, 9.17) is 9.72 Å². The number of para-hydroxylation sites is 1. The average Bonchev–Trinajstić information content (AvgIpc) is 2.81. The van der Waals surface area contributed by atoms with Gasteiger partial charge in [0.25, 0.3) is 0 Å². The number of guanidine groups is 1. The van der Waals surface area contributed by atoms with Crippen molar-refractivity contribution in [1.82, 2.24) is 20.5 Å². The highest BCUT2D eigenvalue weighted by Crippen LogP contribution is 2.39. The molecule has 8 heteroatoms. The van der Waals surface area contributed by atoms with Crippen LogP contribution in [0.25, 0.3) is 0 Å². The normalized spacial score (nSPS) is 20.3. The molecule has 1 atom stereocenters. The lowest BCUT2D eigenvalue weighted by Gasteiger charge is -2.38. The zero-order valence-corrected chi connectivity index (χ0v) is 22.5. The Hall–Kier alpha value is -2.07. The topological polar surface area (TPSA) is 65.0 Å². The number of aromatic nitrogens is 1. The smallest absolute Gasteiger partial charge is 0.191 e. The highest BCUT2D eigenvalue weighted by Gasteiger charge is 2.33. The van der Waals surface area contributed by atoms with Gasteiger partial charge in [-0.1, -0.05) is 31.2 Å². The van der Waals surface area contributed by atoms with Crippen molar-refractivity contribution in [3.8, 4) is 5.75 Å². The number of halogens is 1. The highest BCUT2D eigenvalue weighted by atomic mass is 127. The Balaban J connectivity index is 0.00000306. The second-order valence-electron chi connectivity index (χ2n) is 9.17. The first-order chi connectivity index (χ1) is 15.5. The van der Waals surface area contributed by atoms with Gasteiger partial charge in [0, 0.05) is 58.0 Å². The molecule has 0 spiro atoms. The van der Waals surface area contributed by atoms with E-state index < -0.39 is 0 Å². The minimum absolute atomic E-state index is 0. The van der Waals surface area contributed by atoms with Crippen molar-refractivity contribution in [3.63, 3.8) is 0 Å². The third kappa shape index (κ3) is 6.50. The van der Waals surface area contributed by atoms with Crippen molar-refractivity contribution in [2.75, 3.05) is 44.7 Å². The molecule has 0 aliphatic carbocycles. The molecular weight excluding hydrogens is 527 g/mol. The molecule has 1 aromatic heterocycles. The average molecular weight is 565 g/mol. The number of aliphatic imine (C=N–C) groups is 1. The summed E-state index contributed by atoms with van der Waals surface area (Å²) in [6, 6.07) is 12.7. The minimum atomic E-state index is -0.229. The van der Waals surface area contributed by atoms with Crippen molar-refractivity contribution < 1.29 is 4.74 Å². The number of anilines is 1. The summed E-state index contributed by atoms with van der Waals surface area (Å²) in [4.78, 5) is 14.0. The molecule has 180 valence electrons. The monoisotopic (exact) mass is 564 g/mol. The molecular formula is C25H37IN6O. The van der Waals surface area contributed by atoms with E-state index in [1.54, 1.807) is 0 Å². The van der Waals surface area contributed by atoms with Gasteiger partial charge in [-0.3, -0.25) is 4.99 Å². The molecule has 2 aliphatic rings. The van der Waals surface area contributed by atoms with Crippen molar-refractivity contribution in [3.05, 3.63) is 53.7 Å². The molecule has 33 heavy (non-hydrogen) atoms. The summed E-state index contributed by atoms with van der Waals surface area (Å²) in [6.45, 7) is 12.6. The summed E-state index contributed by atoms with van der Waals surface area (Å²) in [5, 5.41) is 7.03. The van der Waals surface area contributed by atoms with Gasteiger partial charge < -0.3 is 25.2 Å². The van der Waals surface area contributed by atoms with Gasteiger partial charge in [0.05, 0.1) is 6.04 Å². The molecule has 1 saturated heterocycles. The third-order valence-electron chi connectivity index (χ3n) is 6.32. The summed E-state index contributed by atoms with van der Waals surface area (Å²) in [5.74, 6) is 2.78. The van der Waals surface area contributed by atoms with Crippen molar-refractivity contribution in [2.45, 2.75) is 45.4 Å². The number of pyridine rings is 1. The molecule has 1 unspecified atom stereocenters. The number of piperazine rings is 1. The van der Waals surface area contributed by atoms with Gasteiger partial charge in [-0.25, -0.2) is 4.98 Å². The van der Waals surface area contributed by atoms with E-state index in [0.29, 0.717) is 6.54 Å². The summed E-state index contributed by atoms with van der Waals surface area (Å²) in [5.41, 5.74) is 2.08. The molecule has 0 radical (unpaired) electrons. The minimum Gasteiger partial charge on any atom is -0.487 e. The number of ether oxygens (including phenoxy) is 1. The number of nitrogens with zero attached hydrogens (tertiary/aromatic N) is 4. The maximum absolute atomic E-state index is 6.15. The van der Waals surface area contributed by atoms with Gasteiger partial charge in [-0.15, -0.1) is 24.0 Å². The Morgan fingerprint density at radius 3 is 2.58 bits per heavy atom. The SMILES string of the molecule is CCN1CCN(c2ccc(CNC(=NC)NC3CC(C)(C)Oc4ccccc43)cn2)CC1.I. The fraction of sp³-hybridized carbons (Fsp3) is 0.520. The largest absolute Gasteiger partial charge is 0.487 e. The fourth-order valence-corrected chi connectivity index (χ4v) is 4.48. The Bertz CT molecular complexity index is 925. The molecule has 0 saturated carbocycles. The number of rotatable bonds is 5. The zero-order valence-electron chi connectivity index (χ0n) is 20.2. The van der Waals surface area contributed by atoms with Crippen LogP contribution < -0.4 is 20.3 Å². The second kappa shape index (κ2) is 11.4. The molecule has 1 aromatic carbocycles. The first-order valence-corrected chi connectivity index (χ1v) is 11.6. The number of likely N-dealkylation sites (N-methyl/N-ethyl adjacent to an activating group) is 1. The predicted molar refractivity (Wildman–Crippen MR) is 146 cm³/mol. The maximum atomic E-state index is 6.15. The van der Waals surface area contributed by atoms with Crippen molar-refractivity contribution in [1.29, 1.82) is 0 Å². The van der Waals surface area contributed by atoms with Crippen LogP contribution in [0.3, 0.4) is 0 Å². The number of hydrogen-bond donors (Lipinski definition) is 2. The van der Waals surface area contributed by atoms with Crippen LogP contribution in [-0.2, 0) is 6.54 Å². The zero-order chi connectivity index (χ0) is 22.6. The van der Waals surface area contributed by atoms with E-state index in [1.807, 2.05) is 25.4 Å². The number of benzene rings is 1. The van der Waals surface area contributed by atoms with Crippen LogP contribution in [0.2, 0.25) is 0 Å². The van der Waals surface area contributed by atoms with Gasteiger partial charge in [0.2, 0.25) is 0 Å². The summed E-state index contributed by atoms with van der Waals surface area (Å²) in [7, 11) is 1.81. The van der Waals surface area contributed by atoms with Crippen LogP contribution in [0.4, 0.5) is 5.82 Å². The highest BCUT2D eigenvalue weighted by molar-refractivity contribution is 14.0. The predicted octanol–water partition coefficient (Wildman–Crippen LogP) is 3.81. The Kier molecular flexibility index (Phi) is 8.81. The molecule has 2 N–H and O–H groups in total. The van der Waals surface area contributed by atoms with Gasteiger partial charge in [0.15, 0.2) is 5.96 Å². The lowest BCUT2D eigenvalue weighted by Crippen LogP contribution is -2.46. The van der Waals surface area contributed by atoms with E-state index >= 15 is 0 Å². The molecule has 3 heterocycles. The quantitative estimate of drug-likeness (QED) is 0.327. The van der Waals surface area contributed by atoms with Crippen LogP contribution in [0, 0.1) is 0 Å². The second-order valence-corrected chi connectivity index (χ2v) is 9.17. The van der Waals surface area contributed by atoms with Crippen LogP contribution in [0.15, 0.2) is 47.6 Å². The Morgan fingerprint density at radius 2 is 1.91 bits per heavy atom. The number of hydrogen-bond acceptors (Lipinski definition) is 5. The van der Waals surface area contributed by atoms with Crippen LogP contribution in [0.1, 0.15) is 44.4 Å². The fourth-order valence-electron chi connectivity index (χ4n) is 4.48. The van der Waals surface area contributed by atoms with E-state index in [2.05, 4.69) is 70.5 Å². The van der Waals surface area contributed by atoms with Gasteiger partial charge in [0.1, 0.15) is 17.2 Å². The molecule has 1 fully saturated rings. The van der Waals surface area contributed by atoms with Crippen LogP contribution in [0.5, 0.6) is 5.75 Å². The Labute approximate surface area is 215 Å². The number of nitrogens with one attached hydrogen (secondary N) is 2. The molecule has 0 amide bonds. The Morgan fingerprint density at radius 1 is 1.15 bits per heavy atom. The first kappa shape index (κ1) is 25.6. The van der Waals surface area contributed by atoms with E-state index in [-0.39, 0.29) is 35.6 Å². The van der Waals surface area contributed by atoms with Crippen LogP contribution in [-0.4, -0.2) is 61.2 Å². The number of fused-ring (bicyclic) bond motifs is 1. The summed E-state index contributed by atoms with van der Waals surface area (Å²) >= 11 is 0. The van der Waals surface area contributed by atoms with E-state index in [0.717, 1.165) is 62.2 Å². The molecule has 4 rings (SSSR count). The van der Waals surface area contributed by atoms with Gasteiger partial charge in [-0.05, 0) is 38.1 Å². The summed E-state index contributed by atoms with van der Waals surface area (Å²) < 4.78 is 6.15. The van der Waals surface area contributed by atoms with Crippen molar-refractivity contribution >= 4 is 35.8 Å². The maximum Gasteiger partial charge on any atom is 0.191 e. The van der Waals surface area contributed by atoms with Crippen LogP contribution >= 0.6 is 24.0 Å². The van der Waals surface area contributed by atoms with Crippen molar-refractivity contribution in [2.24, 2.45) is 4.99 Å². The lowest BCUT2D eigenvalue weighted by molar-refractivity contribution is 0.0694. The lowest BCUT2D eigenvalue weighted by atomic mass is 9.90. The summed E-state index contributed by atoms with van der Waals surface area (Å²) in [6.07, 6.45) is 2.83. The molecule has 7 nitrogen and oxygen atoms in total. The standard InChI is InChI=1S/C25H36N6O.HI/c1-5-30-12-14-31(15-13-30)23-11-10-19(17-27-23)18-28-24(26-4)29-21-16-25(2,3)32-22-9-7-6-8-20(21)22;/h6-11,17,21H,5,12-16,18H2,1-4H3,(H2,26,28,29);1H. The van der Waals surface area contributed by atoms with Gasteiger partial charge in [-0.2, -0.15) is 0 Å². The van der Waals surface area contributed by atoms with E-state index in [1.165, 1.54) is 5.56 Å².